The summed E-state index contributed by atoms with van der Waals surface area (Å²) in [5.41, 5.74) is 8.78. The van der Waals surface area contributed by atoms with Crippen LogP contribution in [0.25, 0.3) is 11.1 Å². The number of nitrogens with zero attached hydrogens (tertiary/aromatic N) is 2. The summed E-state index contributed by atoms with van der Waals surface area (Å²) in [5.74, 6) is 0. The number of pyridine rings is 1. The molecule has 0 amide bonds. The predicted molar refractivity (Wildman–Crippen MR) is 151 cm³/mol. The molecule has 1 heterocycles. The molecule has 1 aromatic heterocycles. The molecule has 1 aliphatic rings. The number of aromatic nitrogens is 1. The van der Waals surface area contributed by atoms with Gasteiger partial charge in [0.05, 0.1) is 17.2 Å². The Morgan fingerprint density at radius 1 is 0.806 bits per heavy atom. The topological polar surface area (TPSA) is 36.7 Å². The molecule has 1 atom stereocenters. The number of hydrogen-bond donors (Lipinski definition) is 0. The molecule has 36 heavy (non-hydrogen) atoms. The van der Waals surface area contributed by atoms with Crippen LogP contribution in [0.15, 0.2) is 60.7 Å². The molecule has 0 bridgehead atoms. The van der Waals surface area contributed by atoms with Gasteiger partial charge in [-0.3, -0.25) is 4.98 Å². The first-order valence-corrected chi connectivity index (χ1v) is 14.3. The lowest BCUT2D eigenvalue weighted by molar-refractivity contribution is 0.469. The molecule has 2 heteroatoms. The maximum atomic E-state index is 10.6. The van der Waals surface area contributed by atoms with Crippen LogP contribution >= 0.6 is 0 Å². The highest BCUT2D eigenvalue weighted by atomic mass is 14.8. The largest absolute Gasteiger partial charge is 0.256 e. The highest BCUT2D eigenvalue weighted by molar-refractivity contribution is 5.74. The summed E-state index contributed by atoms with van der Waals surface area (Å²) in [6.45, 7) is 4.54. The lowest BCUT2D eigenvalue weighted by atomic mass is 9.80. The van der Waals surface area contributed by atoms with Crippen molar-refractivity contribution in [3.05, 3.63) is 88.7 Å². The van der Waals surface area contributed by atoms with Gasteiger partial charge < -0.3 is 0 Å². The van der Waals surface area contributed by atoms with Crippen LogP contribution in [-0.4, -0.2) is 4.98 Å². The van der Waals surface area contributed by atoms with Crippen LogP contribution < -0.4 is 0 Å². The molecule has 2 aromatic carbocycles. The quantitative estimate of drug-likeness (QED) is 0.230. The number of nitriles is 1. The predicted octanol–water partition coefficient (Wildman–Crippen LogP) is 8.94. The van der Waals surface area contributed by atoms with Crippen molar-refractivity contribution in [1.29, 1.82) is 5.26 Å². The van der Waals surface area contributed by atoms with Gasteiger partial charge in [-0.25, -0.2) is 0 Å². The third-order valence-corrected chi connectivity index (χ3v) is 7.98. The Morgan fingerprint density at radius 3 is 2.14 bits per heavy atom. The molecule has 0 spiro atoms. The van der Waals surface area contributed by atoms with Gasteiger partial charge in [0.1, 0.15) is 0 Å². The van der Waals surface area contributed by atoms with Crippen molar-refractivity contribution in [2.45, 2.75) is 103 Å². The zero-order valence-corrected chi connectivity index (χ0v) is 22.4. The summed E-state index contributed by atoms with van der Waals surface area (Å²) in [5, 5.41) is 10.6. The molecule has 3 aromatic rings. The summed E-state index contributed by atoms with van der Waals surface area (Å²) in [6.07, 6.45) is 14.2. The van der Waals surface area contributed by atoms with Crippen LogP contribution in [0.2, 0.25) is 0 Å². The minimum Gasteiger partial charge on any atom is -0.256 e. The Morgan fingerprint density at radius 2 is 1.47 bits per heavy atom. The number of unbranched alkanes of at least 4 members (excludes halogenated alkanes) is 4. The van der Waals surface area contributed by atoms with E-state index in [1.165, 1.54) is 72.0 Å². The minimum absolute atomic E-state index is 0.463. The fourth-order valence-corrected chi connectivity index (χ4v) is 5.98. The van der Waals surface area contributed by atoms with E-state index in [1.807, 2.05) is 0 Å². The molecule has 0 unspecified atom stereocenters. The standard InChI is InChI=1S/C34H42N2/c1-3-5-9-21-29-31(22-10-6-4-2)36-33-30(32(29)28-19-13-8-14-20-28)23-25-34(33,26-35)24-15-18-27-16-11-7-12-17-27/h7-8,11-14,16-17,19-20H,3-6,9-10,15,18,21-25H2,1-2H3/t34-/m1/s1. The van der Waals surface area contributed by atoms with E-state index < -0.39 is 5.41 Å². The van der Waals surface area contributed by atoms with E-state index in [2.05, 4.69) is 80.6 Å². The van der Waals surface area contributed by atoms with Gasteiger partial charge in [-0.2, -0.15) is 5.26 Å². The van der Waals surface area contributed by atoms with Crippen molar-refractivity contribution in [3.63, 3.8) is 0 Å². The molecule has 4 rings (SSSR count). The average Bonchev–Trinajstić information content (AvgIpc) is 3.28. The summed E-state index contributed by atoms with van der Waals surface area (Å²) in [4.78, 5) is 5.42. The van der Waals surface area contributed by atoms with Gasteiger partial charge >= 0.3 is 0 Å². The van der Waals surface area contributed by atoms with Crippen molar-refractivity contribution in [2.24, 2.45) is 0 Å². The maximum Gasteiger partial charge on any atom is 0.0999 e. The van der Waals surface area contributed by atoms with Gasteiger partial charge in [0, 0.05) is 5.69 Å². The van der Waals surface area contributed by atoms with Crippen LogP contribution in [-0.2, 0) is 31.1 Å². The van der Waals surface area contributed by atoms with Crippen molar-refractivity contribution in [1.82, 2.24) is 4.98 Å². The molecule has 188 valence electrons. The van der Waals surface area contributed by atoms with Gasteiger partial charge in [0.25, 0.3) is 0 Å². The Bertz CT molecular complexity index is 1140. The number of benzene rings is 2. The second-order valence-electron chi connectivity index (χ2n) is 10.6. The van der Waals surface area contributed by atoms with E-state index in [4.69, 9.17) is 4.98 Å². The highest BCUT2D eigenvalue weighted by Crippen LogP contribution is 2.47. The number of rotatable bonds is 13. The van der Waals surface area contributed by atoms with Crippen LogP contribution in [0.4, 0.5) is 0 Å². The minimum atomic E-state index is -0.463. The van der Waals surface area contributed by atoms with Crippen molar-refractivity contribution in [2.75, 3.05) is 0 Å². The third-order valence-electron chi connectivity index (χ3n) is 7.98. The number of fused-ring (bicyclic) bond motifs is 1. The zero-order chi connectivity index (χ0) is 25.2. The maximum absolute atomic E-state index is 10.6. The number of aryl methyl sites for hydroxylation is 2. The zero-order valence-electron chi connectivity index (χ0n) is 22.4. The summed E-state index contributed by atoms with van der Waals surface area (Å²) in [7, 11) is 0. The van der Waals surface area contributed by atoms with E-state index in [-0.39, 0.29) is 0 Å². The Kier molecular flexibility index (Phi) is 9.35. The van der Waals surface area contributed by atoms with Gasteiger partial charge in [0.15, 0.2) is 0 Å². The Hall–Kier alpha value is -2.92. The lowest BCUT2D eigenvalue weighted by Crippen LogP contribution is -2.23. The first-order valence-electron chi connectivity index (χ1n) is 14.3. The van der Waals surface area contributed by atoms with E-state index in [0.717, 1.165) is 50.6 Å². The van der Waals surface area contributed by atoms with Crippen LogP contribution in [0, 0.1) is 11.3 Å². The smallest absolute Gasteiger partial charge is 0.0999 e. The molecule has 2 nitrogen and oxygen atoms in total. The molecule has 0 saturated heterocycles. The van der Waals surface area contributed by atoms with E-state index in [9.17, 15) is 5.26 Å². The van der Waals surface area contributed by atoms with Gasteiger partial charge in [-0.15, -0.1) is 0 Å². The van der Waals surface area contributed by atoms with Crippen LogP contribution in [0.1, 0.15) is 99.7 Å². The first kappa shape index (κ1) is 26.2. The van der Waals surface area contributed by atoms with E-state index in [0.29, 0.717) is 0 Å². The normalized spacial score (nSPS) is 16.6. The molecule has 0 fully saturated rings. The SMILES string of the molecule is CCCCCc1nc2c(c(-c3ccccc3)c1CCCCC)CC[C@@]2(C#N)CCCc1ccccc1. The van der Waals surface area contributed by atoms with E-state index in [1.54, 1.807) is 0 Å². The molecule has 0 radical (unpaired) electrons. The molecule has 0 aliphatic heterocycles. The molecular weight excluding hydrogens is 436 g/mol. The second kappa shape index (κ2) is 12.9. The highest BCUT2D eigenvalue weighted by Gasteiger charge is 2.42. The fraction of sp³-hybridized carbons (Fsp3) is 0.471. The van der Waals surface area contributed by atoms with Crippen LogP contribution in [0.3, 0.4) is 0 Å². The molecule has 0 saturated carbocycles. The summed E-state index contributed by atoms with van der Waals surface area (Å²) >= 11 is 0. The Balaban J connectivity index is 1.75. The fourth-order valence-electron chi connectivity index (χ4n) is 5.98. The average molecular weight is 479 g/mol. The van der Waals surface area contributed by atoms with Crippen molar-refractivity contribution < 1.29 is 0 Å². The van der Waals surface area contributed by atoms with Crippen molar-refractivity contribution in [3.8, 4) is 17.2 Å². The number of hydrogen-bond acceptors (Lipinski definition) is 2. The summed E-state index contributed by atoms with van der Waals surface area (Å²) in [6, 6.07) is 24.4. The van der Waals surface area contributed by atoms with Crippen LogP contribution in [0.5, 0.6) is 0 Å². The molecule has 1 aliphatic carbocycles. The van der Waals surface area contributed by atoms with Gasteiger partial charge in [-0.1, -0.05) is 100 Å². The lowest BCUT2D eigenvalue weighted by Gasteiger charge is -2.25. The van der Waals surface area contributed by atoms with E-state index >= 15 is 0 Å². The second-order valence-corrected chi connectivity index (χ2v) is 10.6. The Labute approximate surface area is 218 Å². The first-order chi connectivity index (χ1) is 17.7. The van der Waals surface area contributed by atoms with Crippen molar-refractivity contribution >= 4 is 0 Å². The third kappa shape index (κ3) is 5.89. The molecular formula is C34H42N2. The summed E-state index contributed by atoms with van der Waals surface area (Å²) < 4.78 is 0. The van der Waals surface area contributed by atoms with Gasteiger partial charge in [-0.05, 0) is 85.6 Å². The molecule has 0 N–H and O–H groups in total. The monoisotopic (exact) mass is 478 g/mol. The van der Waals surface area contributed by atoms with Gasteiger partial charge in [0.2, 0.25) is 0 Å².